The molecule has 1 atom stereocenters. The highest BCUT2D eigenvalue weighted by atomic mass is 79.9. The second kappa shape index (κ2) is 6.21. The molecule has 1 fully saturated rings. The number of hydrogen-bond acceptors (Lipinski definition) is 4. The van der Waals surface area contributed by atoms with Gasteiger partial charge in [-0.05, 0) is 29.8 Å². The maximum absolute atomic E-state index is 12.3. The van der Waals surface area contributed by atoms with Crippen LogP contribution in [0.15, 0.2) is 4.47 Å². The molecular weight excluding hydrogens is 314 g/mol. The third-order valence-electron chi connectivity index (χ3n) is 3.10. The summed E-state index contributed by atoms with van der Waals surface area (Å²) in [5, 5.41) is 7.71. The van der Waals surface area contributed by atoms with E-state index >= 15 is 0 Å². The molecule has 1 aliphatic rings. The Hall–Kier alpha value is -0.330. The molecule has 1 aliphatic heterocycles. The molecule has 0 spiro atoms. The van der Waals surface area contributed by atoms with Gasteiger partial charge >= 0.3 is 0 Å². The van der Waals surface area contributed by atoms with Crippen LogP contribution in [0.5, 0.6) is 0 Å². The Morgan fingerprint density at radius 2 is 2.44 bits per heavy atom. The number of hydrogen-bond donors (Lipinski definition) is 1. The third kappa shape index (κ3) is 2.97. The number of thioether (sulfide) groups is 1. The molecule has 100 valence electrons. The average molecular weight is 332 g/mol. The van der Waals surface area contributed by atoms with Crippen molar-refractivity contribution in [3.05, 3.63) is 15.9 Å². The summed E-state index contributed by atoms with van der Waals surface area (Å²) >= 11 is 5.38. The highest BCUT2D eigenvalue weighted by molar-refractivity contribution is 9.10. The SMILES string of the molecule is CCn1nc(C)c(Br)c1CC(=O)C1CSCCN1. The van der Waals surface area contributed by atoms with Crippen LogP contribution in [0.2, 0.25) is 0 Å². The minimum absolute atomic E-state index is 0.00355. The van der Waals surface area contributed by atoms with Crippen molar-refractivity contribution in [3.8, 4) is 0 Å². The fourth-order valence-electron chi connectivity index (χ4n) is 2.10. The summed E-state index contributed by atoms with van der Waals surface area (Å²) in [6.45, 7) is 5.72. The fourth-order valence-corrected chi connectivity index (χ4v) is 3.49. The Bertz CT molecular complexity index is 441. The molecule has 1 N–H and O–H groups in total. The predicted octanol–water partition coefficient (Wildman–Crippen LogP) is 1.79. The number of nitrogens with one attached hydrogen (secondary N) is 1. The molecule has 1 aromatic rings. The molecule has 2 heterocycles. The van der Waals surface area contributed by atoms with Crippen molar-refractivity contribution in [1.29, 1.82) is 0 Å². The van der Waals surface area contributed by atoms with Crippen molar-refractivity contribution in [1.82, 2.24) is 15.1 Å². The number of aryl methyl sites for hydroxylation is 2. The number of Topliss-reactive ketones (excluding diaryl/α,β-unsaturated/α-hetero) is 1. The van der Waals surface area contributed by atoms with E-state index in [1.807, 2.05) is 30.3 Å². The van der Waals surface area contributed by atoms with Crippen molar-refractivity contribution >= 4 is 33.5 Å². The van der Waals surface area contributed by atoms with Crippen LogP contribution in [0, 0.1) is 6.92 Å². The van der Waals surface area contributed by atoms with Gasteiger partial charge in [-0.15, -0.1) is 0 Å². The molecule has 0 bridgehead atoms. The maximum atomic E-state index is 12.3. The number of carbonyl (C=O) groups is 1. The largest absolute Gasteiger partial charge is 0.306 e. The van der Waals surface area contributed by atoms with Crippen LogP contribution >= 0.6 is 27.7 Å². The van der Waals surface area contributed by atoms with Crippen molar-refractivity contribution in [2.75, 3.05) is 18.1 Å². The van der Waals surface area contributed by atoms with Gasteiger partial charge in [0.2, 0.25) is 0 Å². The minimum atomic E-state index is -0.00355. The summed E-state index contributed by atoms with van der Waals surface area (Å²) in [7, 11) is 0. The summed E-state index contributed by atoms with van der Waals surface area (Å²) < 4.78 is 2.88. The van der Waals surface area contributed by atoms with Crippen LogP contribution in [0.1, 0.15) is 18.3 Å². The number of ketones is 1. The Morgan fingerprint density at radius 3 is 3.06 bits per heavy atom. The van der Waals surface area contributed by atoms with Crippen LogP contribution < -0.4 is 5.32 Å². The van der Waals surface area contributed by atoms with Crippen LogP contribution in [0.3, 0.4) is 0 Å². The van der Waals surface area contributed by atoms with Crippen LogP contribution in [-0.2, 0) is 17.8 Å². The Kier molecular flexibility index (Phi) is 4.86. The molecule has 1 saturated heterocycles. The summed E-state index contributed by atoms with van der Waals surface area (Å²) in [6, 6.07) is -0.00355. The Morgan fingerprint density at radius 1 is 1.67 bits per heavy atom. The number of rotatable bonds is 4. The van der Waals surface area contributed by atoms with Gasteiger partial charge in [0.15, 0.2) is 5.78 Å². The standard InChI is InChI=1S/C12H18BrN3OS/c1-3-16-10(12(13)8(2)15-16)6-11(17)9-7-18-5-4-14-9/h9,14H,3-7H2,1-2H3. The summed E-state index contributed by atoms with van der Waals surface area (Å²) in [6.07, 6.45) is 0.452. The van der Waals surface area contributed by atoms with E-state index in [-0.39, 0.29) is 11.8 Å². The first kappa shape index (κ1) is 14.1. The van der Waals surface area contributed by atoms with E-state index in [1.165, 1.54) is 0 Å². The van der Waals surface area contributed by atoms with Crippen molar-refractivity contribution in [3.63, 3.8) is 0 Å². The second-order valence-electron chi connectivity index (χ2n) is 4.39. The lowest BCUT2D eigenvalue weighted by atomic mass is 10.1. The summed E-state index contributed by atoms with van der Waals surface area (Å²) in [5.41, 5.74) is 1.95. The van der Waals surface area contributed by atoms with E-state index in [1.54, 1.807) is 0 Å². The third-order valence-corrected chi connectivity index (χ3v) is 5.20. The molecule has 4 nitrogen and oxygen atoms in total. The lowest BCUT2D eigenvalue weighted by Gasteiger charge is -2.22. The van der Waals surface area contributed by atoms with Crippen molar-refractivity contribution in [2.24, 2.45) is 0 Å². The summed E-state index contributed by atoms with van der Waals surface area (Å²) in [5.74, 6) is 2.24. The Balaban J connectivity index is 2.10. The van der Waals surface area contributed by atoms with E-state index < -0.39 is 0 Å². The molecule has 1 unspecified atom stereocenters. The quantitative estimate of drug-likeness (QED) is 0.913. The van der Waals surface area contributed by atoms with Gasteiger partial charge in [0.05, 0.1) is 28.3 Å². The van der Waals surface area contributed by atoms with Gasteiger partial charge in [0.25, 0.3) is 0 Å². The van der Waals surface area contributed by atoms with E-state index in [0.717, 1.165) is 40.5 Å². The molecule has 0 amide bonds. The van der Waals surface area contributed by atoms with Gasteiger partial charge in [0.1, 0.15) is 0 Å². The van der Waals surface area contributed by atoms with Crippen molar-refractivity contribution < 1.29 is 4.79 Å². The molecule has 6 heteroatoms. The highest BCUT2D eigenvalue weighted by Crippen LogP contribution is 2.22. The first-order valence-corrected chi connectivity index (χ1v) is 8.13. The fraction of sp³-hybridized carbons (Fsp3) is 0.667. The predicted molar refractivity (Wildman–Crippen MR) is 78.2 cm³/mol. The zero-order chi connectivity index (χ0) is 13.1. The van der Waals surface area contributed by atoms with E-state index in [9.17, 15) is 4.79 Å². The van der Waals surface area contributed by atoms with Crippen LogP contribution in [0.25, 0.3) is 0 Å². The topological polar surface area (TPSA) is 46.9 Å². The first-order valence-electron chi connectivity index (χ1n) is 6.19. The lowest BCUT2D eigenvalue weighted by molar-refractivity contribution is -0.120. The molecule has 0 aliphatic carbocycles. The zero-order valence-electron chi connectivity index (χ0n) is 10.7. The minimum Gasteiger partial charge on any atom is -0.306 e. The highest BCUT2D eigenvalue weighted by Gasteiger charge is 2.23. The van der Waals surface area contributed by atoms with E-state index in [0.29, 0.717) is 6.42 Å². The molecule has 2 rings (SSSR count). The second-order valence-corrected chi connectivity index (χ2v) is 6.33. The number of aromatic nitrogens is 2. The molecule has 0 aromatic carbocycles. The molecule has 0 saturated carbocycles. The molecule has 0 radical (unpaired) electrons. The van der Waals surface area contributed by atoms with Crippen molar-refractivity contribution in [2.45, 2.75) is 32.9 Å². The summed E-state index contributed by atoms with van der Waals surface area (Å²) in [4.78, 5) is 12.3. The molecule has 18 heavy (non-hydrogen) atoms. The van der Waals surface area contributed by atoms with Gasteiger partial charge < -0.3 is 5.32 Å². The van der Waals surface area contributed by atoms with Gasteiger partial charge in [-0.3, -0.25) is 9.48 Å². The number of nitrogens with zero attached hydrogens (tertiary/aromatic N) is 2. The van der Waals surface area contributed by atoms with Crippen LogP contribution in [0.4, 0.5) is 0 Å². The molecular formula is C12H18BrN3OS. The maximum Gasteiger partial charge on any atom is 0.156 e. The number of halogens is 1. The van der Waals surface area contributed by atoms with Gasteiger partial charge in [0, 0.05) is 24.6 Å². The smallest absolute Gasteiger partial charge is 0.156 e. The first-order chi connectivity index (χ1) is 8.63. The zero-order valence-corrected chi connectivity index (χ0v) is 13.1. The number of carbonyl (C=O) groups excluding carboxylic acids is 1. The monoisotopic (exact) mass is 331 g/mol. The lowest BCUT2D eigenvalue weighted by Crippen LogP contribution is -2.44. The van der Waals surface area contributed by atoms with Gasteiger partial charge in [-0.1, -0.05) is 0 Å². The van der Waals surface area contributed by atoms with Gasteiger partial charge in [-0.2, -0.15) is 16.9 Å². The average Bonchev–Trinajstić information content (AvgIpc) is 2.67. The normalized spacial score (nSPS) is 20.1. The van der Waals surface area contributed by atoms with Gasteiger partial charge in [-0.25, -0.2) is 0 Å². The van der Waals surface area contributed by atoms with E-state index in [4.69, 9.17) is 0 Å². The van der Waals surface area contributed by atoms with E-state index in [2.05, 4.69) is 26.3 Å². The molecule has 1 aromatic heterocycles. The Labute approximate surface area is 120 Å². The van der Waals surface area contributed by atoms with Crippen LogP contribution in [-0.4, -0.2) is 39.7 Å².